The number of hydrogen-bond donors (Lipinski definition) is 1. The molecule has 7 heteroatoms. The van der Waals surface area contributed by atoms with Crippen molar-refractivity contribution in [3.05, 3.63) is 18.6 Å². The second-order valence-corrected chi connectivity index (χ2v) is 3.32. The van der Waals surface area contributed by atoms with Crippen LogP contribution in [0.5, 0.6) is 5.88 Å². The lowest BCUT2D eigenvalue weighted by molar-refractivity contribution is 0.0802. The highest BCUT2D eigenvalue weighted by Crippen LogP contribution is 2.18. The molecule has 0 bridgehead atoms. The molecular formula is C10H12F2N4O. The molecule has 0 amide bonds. The van der Waals surface area contributed by atoms with Gasteiger partial charge >= 0.3 is 0 Å². The molecule has 0 aromatic carbocycles. The fourth-order valence-corrected chi connectivity index (χ4v) is 1.41. The molecule has 0 spiro atoms. The van der Waals surface area contributed by atoms with E-state index in [-0.39, 0.29) is 5.88 Å². The maximum atomic E-state index is 12.1. The van der Waals surface area contributed by atoms with Crippen LogP contribution in [-0.4, -0.2) is 33.9 Å². The summed E-state index contributed by atoms with van der Waals surface area (Å²) >= 11 is 0. The van der Waals surface area contributed by atoms with Gasteiger partial charge in [-0.1, -0.05) is 0 Å². The van der Waals surface area contributed by atoms with Gasteiger partial charge < -0.3 is 10.1 Å². The molecule has 0 aliphatic heterocycles. The second kappa shape index (κ2) is 4.94. The lowest BCUT2D eigenvalue weighted by Gasteiger charge is -2.09. The maximum Gasteiger partial charge on any atom is 0.272 e. The first kappa shape index (κ1) is 11.6. The molecule has 2 heterocycles. The topological polar surface area (TPSA) is 51.5 Å². The number of nitrogens with zero attached hydrogens (tertiary/aromatic N) is 3. The van der Waals surface area contributed by atoms with Gasteiger partial charge in [-0.15, -0.1) is 0 Å². The average Bonchev–Trinajstić information content (AvgIpc) is 2.74. The Morgan fingerprint density at radius 1 is 1.53 bits per heavy atom. The van der Waals surface area contributed by atoms with Crippen LogP contribution in [-0.2, 0) is 0 Å². The smallest absolute Gasteiger partial charge is 0.272 e. The molecule has 0 saturated carbocycles. The summed E-state index contributed by atoms with van der Waals surface area (Å²) in [6.45, 7) is 1.91. The zero-order valence-corrected chi connectivity index (χ0v) is 9.23. The van der Waals surface area contributed by atoms with Gasteiger partial charge in [0.05, 0.1) is 6.20 Å². The third kappa shape index (κ3) is 2.61. The SMILES string of the molecule is CCNc1cn2ccnc2c(OCC(F)F)n1. The van der Waals surface area contributed by atoms with Crippen molar-refractivity contribution in [1.82, 2.24) is 14.4 Å². The molecule has 2 aromatic rings. The monoisotopic (exact) mass is 242 g/mol. The molecule has 2 aromatic heterocycles. The van der Waals surface area contributed by atoms with Crippen LogP contribution in [0.2, 0.25) is 0 Å². The van der Waals surface area contributed by atoms with Gasteiger partial charge in [-0.3, -0.25) is 4.40 Å². The highest BCUT2D eigenvalue weighted by molar-refractivity contribution is 5.53. The Morgan fingerprint density at radius 2 is 2.35 bits per heavy atom. The predicted molar refractivity (Wildman–Crippen MR) is 58.6 cm³/mol. The van der Waals surface area contributed by atoms with E-state index in [9.17, 15) is 8.78 Å². The largest absolute Gasteiger partial charge is 0.469 e. The van der Waals surface area contributed by atoms with E-state index < -0.39 is 13.0 Å². The molecule has 0 atom stereocenters. The Bertz CT molecular complexity index is 500. The lowest BCUT2D eigenvalue weighted by atomic mass is 10.5. The summed E-state index contributed by atoms with van der Waals surface area (Å²) in [4.78, 5) is 8.09. The number of nitrogens with one attached hydrogen (secondary N) is 1. The van der Waals surface area contributed by atoms with Gasteiger partial charge in [0, 0.05) is 18.9 Å². The van der Waals surface area contributed by atoms with Crippen LogP contribution in [0.3, 0.4) is 0 Å². The molecule has 2 rings (SSSR count). The van der Waals surface area contributed by atoms with E-state index >= 15 is 0 Å². The lowest BCUT2D eigenvalue weighted by Crippen LogP contribution is -2.10. The number of halogens is 2. The normalized spacial score (nSPS) is 11.1. The summed E-state index contributed by atoms with van der Waals surface area (Å²) in [5, 5.41) is 2.99. The van der Waals surface area contributed by atoms with Crippen LogP contribution >= 0.6 is 0 Å². The van der Waals surface area contributed by atoms with Gasteiger partial charge in [0.25, 0.3) is 12.3 Å². The molecule has 0 aliphatic carbocycles. The molecule has 0 radical (unpaired) electrons. The third-order valence-electron chi connectivity index (χ3n) is 2.05. The number of anilines is 1. The van der Waals surface area contributed by atoms with Crippen LogP contribution in [0.25, 0.3) is 5.65 Å². The van der Waals surface area contributed by atoms with Crippen LogP contribution in [0.4, 0.5) is 14.6 Å². The molecule has 0 aliphatic rings. The summed E-state index contributed by atoms with van der Waals surface area (Å²) in [5.41, 5.74) is 0.423. The van der Waals surface area contributed by atoms with E-state index in [1.807, 2.05) is 6.92 Å². The minimum absolute atomic E-state index is 0.105. The summed E-state index contributed by atoms with van der Waals surface area (Å²) in [7, 11) is 0. The van der Waals surface area contributed by atoms with Crippen molar-refractivity contribution in [2.24, 2.45) is 0 Å². The molecular weight excluding hydrogens is 230 g/mol. The summed E-state index contributed by atoms with van der Waals surface area (Å²) in [6.07, 6.45) is 2.45. The Hall–Kier alpha value is -1.92. The van der Waals surface area contributed by atoms with Crippen molar-refractivity contribution in [3.8, 4) is 5.88 Å². The summed E-state index contributed by atoms with van der Waals surface area (Å²) < 4.78 is 30.8. The minimum Gasteiger partial charge on any atom is -0.469 e. The average molecular weight is 242 g/mol. The van der Waals surface area contributed by atoms with Crippen LogP contribution < -0.4 is 10.1 Å². The van der Waals surface area contributed by atoms with Gasteiger partial charge in [0.1, 0.15) is 5.82 Å². The van der Waals surface area contributed by atoms with Gasteiger partial charge in [-0.2, -0.15) is 4.98 Å². The zero-order valence-electron chi connectivity index (χ0n) is 9.23. The first-order valence-electron chi connectivity index (χ1n) is 5.19. The Kier molecular flexibility index (Phi) is 3.36. The van der Waals surface area contributed by atoms with Crippen molar-refractivity contribution in [3.63, 3.8) is 0 Å². The number of aromatic nitrogens is 3. The van der Waals surface area contributed by atoms with E-state index in [2.05, 4.69) is 15.3 Å². The van der Waals surface area contributed by atoms with Crippen molar-refractivity contribution in [1.29, 1.82) is 0 Å². The van der Waals surface area contributed by atoms with Crippen molar-refractivity contribution < 1.29 is 13.5 Å². The van der Waals surface area contributed by atoms with Crippen molar-refractivity contribution in [2.45, 2.75) is 13.3 Å². The Labute approximate surface area is 96.4 Å². The van der Waals surface area contributed by atoms with E-state index in [0.29, 0.717) is 18.0 Å². The van der Waals surface area contributed by atoms with E-state index in [0.717, 1.165) is 0 Å². The number of imidazole rings is 1. The number of hydrogen-bond acceptors (Lipinski definition) is 4. The van der Waals surface area contributed by atoms with E-state index in [1.54, 1.807) is 23.0 Å². The Morgan fingerprint density at radius 3 is 3.06 bits per heavy atom. The first-order chi connectivity index (χ1) is 8.20. The third-order valence-corrected chi connectivity index (χ3v) is 2.05. The van der Waals surface area contributed by atoms with Crippen LogP contribution in [0.15, 0.2) is 18.6 Å². The van der Waals surface area contributed by atoms with Gasteiger partial charge in [0.2, 0.25) is 5.65 Å². The van der Waals surface area contributed by atoms with Crippen LogP contribution in [0.1, 0.15) is 6.92 Å². The second-order valence-electron chi connectivity index (χ2n) is 3.32. The highest BCUT2D eigenvalue weighted by Gasteiger charge is 2.11. The standard InChI is InChI=1S/C10H12F2N4O/c1-2-13-8-5-16-4-3-14-9(16)10(15-8)17-6-7(11)12/h3-5,7,13H,2,6H2,1H3. The van der Waals surface area contributed by atoms with E-state index in [1.165, 1.54) is 0 Å². The van der Waals surface area contributed by atoms with Gasteiger partial charge in [0.15, 0.2) is 6.61 Å². The molecule has 0 fully saturated rings. The fourth-order valence-electron chi connectivity index (χ4n) is 1.41. The molecule has 0 unspecified atom stereocenters. The van der Waals surface area contributed by atoms with Crippen molar-refractivity contribution >= 4 is 11.5 Å². The van der Waals surface area contributed by atoms with Crippen LogP contribution in [0, 0.1) is 0 Å². The molecule has 92 valence electrons. The molecule has 0 saturated heterocycles. The zero-order chi connectivity index (χ0) is 12.3. The van der Waals surface area contributed by atoms with Gasteiger partial charge in [-0.05, 0) is 6.92 Å². The van der Waals surface area contributed by atoms with E-state index in [4.69, 9.17) is 4.74 Å². The minimum atomic E-state index is -2.53. The molecule has 1 N–H and O–H groups in total. The number of ether oxygens (including phenoxy) is 1. The Balaban J connectivity index is 2.32. The number of rotatable bonds is 5. The highest BCUT2D eigenvalue weighted by atomic mass is 19.3. The maximum absolute atomic E-state index is 12.1. The molecule has 17 heavy (non-hydrogen) atoms. The number of alkyl halides is 2. The summed E-state index contributed by atoms with van der Waals surface area (Å²) in [6, 6.07) is 0. The van der Waals surface area contributed by atoms with Crippen molar-refractivity contribution in [2.75, 3.05) is 18.5 Å². The first-order valence-corrected chi connectivity index (χ1v) is 5.19. The predicted octanol–water partition coefficient (Wildman–Crippen LogP) is 1.80. The fraction of sp³-hybridized carbons (Fsp3) is 0.400. The molecule has 5 nitrogen and oxygen atoms in total. The van der Waals surface area contributed by atoms with Gasteiger partial charge in [-0.25, -0.2) is 13.8 Å². The quantitative estimate of drug-likeness (QED) is 0.868. The summed E-state index contributed by atoms with van der Waals surface area (Å²) in [5.74, 6) is 0.663. The number of fused-ring (bicyclic) bond motifs is 1.